The van der Waals surface area contributed by atoms with Gasteiger partial charge < -0.3 is 15.7 Å². The van der Waals surface area contributed by atoms with E-state index in [0.717, 1.165) is 24.9 Å². The molecule has 1 saturated carbocycles. The Balaban J connectivity index is 2.19. The molecule has 1 rings (SSSR count). The van der Waals surface area contributed by atoms with E-state index in [1.54, 1.807) is 0 Å². The molecule has 0 spiro atoms. The van der Waals surface area contributed by atoms with Crippen LogP contribution >= 0.6 is 0 Å². The van der Waals surface area contributed by atoms with Crippen LogP contribution in [0.15, 0.2) is 0 Å². The first-order valence-corrected chi connectivity index (χ1v) is 6.21. The highest BCUT2D eigenvalue weighted by Crippen LogP contribution is 2.26. The molecule has 1 aliphatic rings. The minimum Gasteiger partial charge on any atom is -0.392 e. The number of nitrogens with zero attached hydrogens (tertiary/aromatic N) is 1. The van der Waals surface area contributed by atoms with Crippen LogP contribution in [-0.2, 0) is 0 Å². The second-order valence-corrected chi connectivity index (χ2v) is 5.07. The van der Waals surface area contributed by atoms with Crippen molar-refractivity contribution in [2.24, 2.45) is 11.7 Å². The molecular weight excluding hydrogens is 188 g/mol. The molecule has 15 heavy (non-hydrogen) atoms. The largest absolute Gasteiger partial charge is 0.392 e. The van der Waals surface area contributed by atoms with E-state index in [1.807, 2.05) is 0 Å². The third kappa shape index (κ3) is 4.49. The molecule has 3 N–H and O–H groups in total. The van der Waals surface area contributed by atoms with Gasteiger partial charge in [0.1, 0.15) is 0 Å². The fraction of sp³-hybridized carbons (Fsp3) is 1.00. The van der Waals surface area contributed by atoms with Gasteiger partial charge in [-0.15, -0.1) is 0 Å². The Morgan fingerprint density at radius 1 is 1.33 bits per heavy atom. The summed E-state index contributed by atoms with van der Waals surface area (Å²) in [7, 11) is 2.17. The lowest BCUT2D eigenvalue weighted by molar-refractivity contribution is 0.122. The van der Waals surface area contributed by atoms with Gasteiger partial charge in [0.25, 0.3) is 0 Å². The molecule has 3 heteroatoms. The van der Waals surface area contributed by atoms with Gasteiger partial charge in [-0.2, -0.15) is 0 Å². The van der Waals surface area contributed by atoms with Crippen LogP contribution in [0.3, 0.4) is 0 Å². The van der Waals surface area contributed by atoms with Crippen LogP contribution in [0, 0.1) is 5.92 Å². The number of aliphatic hydroxyl groups is 1. The summed E-state index contributed by atoms with van der Waals surface area (Å²) >= 11 is 0. The van der Waals surface area contributed by atoms with Gasteiger partial charge in [-0.05, 0) is 45.1 Å². The lowest BCUT2D eigenvalue weighted by atomic mass is 9.87. The molecule has 0 aromatic rings. The second-order valence-electron chi connectivity index (χ2n) is 5.07. The Labute approximate surface area is 93.6 Å². The van der Waals surface area contributed by atoms with Gasteiger partial charge >= 0.3 is 0 Å². The Morgan fingerprint density at radius 3 is 2.47 bits per heavy atom. The number of rotatable bonds is 5. The highest BCUT2D eigenvalue weighted by molar-refractivity contribution is 4.77. The van der Waals surface area contributed by atoms with Crippen molar-refractivity contribution in [3.63, 3.8) is 0 Å². The van der Waals surface area contributed by atoms with Crippen LogP contribution in [0.1, 0.15) is 39.0 Å². The fourth-order valence-electron chi connectivity index (χ4n) is 2.34. The molecule has 0 radical (unpaired) electrons. The highest BCUT2D eigenvalue weighted by Gasteiger charge is 2.21. The molecule has 1 aliphatic carbocycles. The normalized spacial score (nSPS) is 29.4. The van der Waals surface area contributed by atoms with E-state index in [1.165, 1.54) is 25.7 Å². The zero-order valence-electron chi connectivity index (χ0n) is 10.2. The van der Waals surface area contributed by atoms with Gasteiger partial charge in [0.15, 0.2) is 0 Å². The van der Waals surface area contributed by atoms with Crippen molar-refractivity contribution in [2.75, 3.05) is 20.1 Å². The van der Waals surface area contributed by atoms with E-state index in [0.29, 0.717) is 6.54 Å². The molecule has 0 saturated heterocycles. The molecule has 90 valence electrons. The summed E-state index contributed by atoms with van der Waals surface area (Å²) in [6.07, 6.45) is 5.82. The fourth-order valence-corrected chi connectivity index (χ4v) is 2.34. The average Bonchev–Trinajstić information content (AvgIpc) is 2.26. The molecule has 1 unspecified atom stereocenters. The zero-order valence-corrected chi connectivity index (χ0v) is 10.2. The van der Waals surface area contributed by atoms with E-state index in [4.69, 9.17) is 5.73 Å². The molecule has 3 nitrogen and oxygen atoms in total. The van der Waals surface area contributed by atoms with E-state index >= 15 is 0 Å². The van der Waals surface area contributed by atoms with Crippen LogP contribution in [-0.4, -0.2) is 42.3 Å². The maximum Gasteiger partial charge on any atom is 0.0674 e. The highest BCUT2D eigenvalue weighted by atomic mass is 16.3. The summed E-state index contributed by atoms with van der Waals surface area (Å²) in [5, 5.41) is 9.40. The molecule has 0 amide bonds. The van der Waals surface area contributed by atoms with Crippen molar-refractivity contribution < 1.29 is 5.11 Å². The summed E-state index contributed by atoms with van der Waals surface area (Å²) < 4.78 is 0. The lowest BCUT2D eigenvalue weighted by Crippen LogP contribution is -2.37. The average molecular weight is 214 g/mol. The summed E-state index contributed by atoms with van der Waals surface area (Å²) in [6, 6.07) is 0.728. The van der Waals surface area contributed by atoms with Gasteiger partial charge in [0, 0.05) is 19.1 Å². The first kappa shape index (κ1) is 12.9. The van der Waals surface area contributed by atoms with Crippen LogP contribution in [0.4, 0.5) is 0 Å². The molecule has 1 atom stereocenters. The van der Waals surface area contributed by atoms with Gasteiger partial charge in [-0.1, -0.05) is 6.92 Å². The number of aliphatic hydroxyl groups excluding tert-OH is 1. The molecular formula is C12H26N2O. The van der Waals surface area contributed by atoms with Gasteiger partial charge in [0.05, 0.1) is 6.10 Å². The number of nitrogens with two attached hydrogens (primary N) is 1. The number of hydrogen-bond donors (Lipinski definition) is 2. The van der Waals surface area contributed by atoms with Gasteiger partial charge in [0.2, 0.25) is 0 Å². The van der Waals surface area contributed by atoms with E-state index in [9.17, 15) is 5.11 Å². The van der Waals surface area contributed by atoms with E-state index in [-0.39, 0.29) is 6.10 Å². The summed E-state index contributed by atoms with van der Waals surface area (Å²) in [5.74, 6) is 0.907. The summed E-state index contributed by atoms with van der Waals surface area (Å²) in [4.78, 5) is 2.39. The molecule has 0 aliphatic heterocycles. The Morgan fingerprint density at radius 2 is 1.93 bits per heavy atom. The number of hydrogen-bond acceptors (Lipinski definition) is 3. The predicted octanol–water partition coefficient (Wildman–Crippen LogP) is 1.21. The molecule has 0 aromatic carbocycles. The lowest BCUT2D eigenvalue weighted by Gasteiger charge is -2.33. The minimum atomic E-state index is -0.324. The van der Waals surface area contributed by atoms with Crippen LogP contribution in [0.5, 0.6) is 0 Å². The van der Waals surface area contributed by atoms with Crippen molar-refractivity contribution in [2.45, 2.75) is 51.2 Å². The zero-order chi connectivity index (χ0) is 11.3. The topological polar surface area (TPSA) is 49.5 Å². The van der Waals surface area contributed by atoms with Crippen LogP contribution in [0.25, 0.3) is 0 Å². The van der Waals surface area contributed by atoms with Crippen molar-refractivity contribution in [3.8, 4) is 0 Å². The third-order valence-corrected chi connectivity index (χ3v) is 3.70. The van der Waals surface area contributed by atoms with Crippen LogP contribution < -0.4 is 5.73 Å². The van der Waals surface area contributed by atoms with Crippen molar-refractivity contribution >= 4 is 0 Å². The maximum atomic E-state index is 9.40. The third-order valence-electron chi connectivity index (χ3n) is 3.70. The van der Waals surface area contributed by atoms with Gasteiger partial charge in [-0.3, -0.25) is 0 Å². The minimum absolute atomic E-state index is 0.324. The Bertz CT molecular complexity index is 167. The second kappa shape index (κ2) is 6.46. The van der Waals surface area contributed by atoms with Gasteiger partial charge in [-0.25, -0.2) is 0 Å². The van der Waals surface area contributed by atoms with Crippen LogP contribution in [0.2, 0.25) is 0 Å². The molecule has 0 heterocycles. The van der Waals surface area contributed by atoms with E-state index < -0.39 is 0 Å². The summed E-state index contributed by atoms with van der Waals surface area (Å²) in [5.41, 5.74) is 5.39. The summed E-state index contributed by atoms with van der Waals surface area (Å²) in [6.45, 7) is 3.70. The molecule has 0 aromatic heterocycles. The quantitative estimate of drug-likeness (QED) is 0.723. The van der Waals surface area contributed by atoms with Crippen molar-refractivity contribution in [3.05, 3.63) is 0 Å². The van der Waals surface area contributed by atoms with E-state index in [2.05, 4.69) is 18.9 Å². The predicted molar refractivity (Wildman–Crippen MR) is 63.7 cm³/mol. The monoisotopic (exact) mass is 214 g/mol. The first-order chi connectivity index (χ1) is 7.13. The molecule has 0 bridgehead atoms. The Hall–Kier alpha value is -0.120. The standard InChI is InChI=1S/C12H26N2O/c1-10-3-5-11(6-4-10)14(2)8-7-12(15)9-13/h10-12,15H,3-9,13H2,1-2H3. The SMILES string of the molecule is CC1CCC(N(C)CCC(O)CN)CC1. The van der Waals surface area contributed by atoms with Crippen molar-refractivity contribution in [1.82, 2.24) is 4.90 Å². The Kier molecular flexibility index (Phi) is 5.58. The first-order valence-electron chi connectivity index (χ1n) is 6.21. The maximum absolute atomic E-state index is 9.40. The molecule has 1 fully saturated rings. The van der Waals surface area contributed by atoms with Crippen molar-refractivity contribution in [1.29, 1.82) is 0 Å². The smallest absolute Gasteiger partial charge is 0.0674 e.